The SMILES string of the molecule is C=CCOCCSc1nc2ccc(NC(=O)c3cc(NC(C)=O)ccc3[N+](=O)[O-])cc2s1. The third kappa shape index (κ3) is 6.13. The van der Waals surface area contributed by atoms with E-state index in [0.29, 0.717) is 24.6 Å². The third-order valence-electron chi connectivity index (χ3n) is 4.07. The van der Waals surface area contributed by atoms with Gasteiger partial charge < -0.3 is 15.4 Å². The first kappa shape index (κ1) is 23.4. The molecule has 1 aromatic heterocycles. The molecular formula is C21H20N4O5S2. The molecule has 3 aromatic rings. The van der Waals surface area contributed by atoms with E-state index in [1.165, 1.54) is 36.5 Å². The van der Waals surface area contributed by atoms with Gasteiger partial charge in [-0.3, -0.25) is 19.7 Å². The summed E-state index contributed by atoms with van der Waals surface area (Å²) in [6, 6.07) is 9.08. The number of benzene rings is 2. The summed E-state index contributed by atoms with van der Waals surface area (Å²) in [6.07, 6.45) is 1.70. The fourth-order valence-corrected chi connectivity index (χ4v) is 4.78. The maximum atomic E-state index is 12.8. The molecule has 0 saturated carbocycles. The van der Waals surface area contributed by atoms with E-state index in [0.717, 1.165) is 20.3 Å². The van der Waals surface area contributed by atoms with E-state index < -0.39 is 10.8 Å². The highest BCUT2D eigenvalue weighted by atomic mass is 32.2. The smallest absolute Gasteiger partial charge is 0.282 e. The predicted octanol–water partition coefficient (Wildman–Crippen LogP) is 4.71. The van der Waals surface area contributed by atoms with E-state index >= 15 is 0 Å². The molecule has 32 heavy (non-hydrogen) atoms. The van der Waals surface area contributed by atoms with Crippen molar-refractivity contribution in [2.24, 2.45) is 0 Å². The zero-order chi connectivity index (χ0) is 23.1. The van der Waals surface area contributed by atoms with Gasteiger partial charge >= 0.3 is 0 Å². The number of thioether (sulfide) groups is 1. The number of carbonyl (C=O) groups is 2. The van der Waals surface area contributed by atoms with Crippen LogP contribution in [0, 0.1) is 10.1 Å². The van der Waals surface area contributed by atoms with Gasteiger partial charge in [0, 0.05) is 30.1 Å². The van der Waals surface area contributed by atoms with E-state index in [1.54, 1.807) is 36.0 Å². The first-order valence-corrected chi connectivity index (χ1v) is 11.3. The highest BCUT2D eigenvalue weighted by Gasteiger charge is 2.21. The van der Waals surface area contributed by atoms with Crippen molar-refractivity contribution >= 4 is 62.2 Å². The topological polar surface area (TPSA) is 123 Å². The van der Waals surface area contributed by atoms with E-state index in [-0.39, 0.29) is 17.2 Å². The van der Waals surface area contributed by atoms with Crippen molar-refractivity contribution in [3.63, 3.8) is 0 Å². The van der Waals surface area contributed by atoms with E-state index in [1.807, 2.05) is 0 Å². The number of nitro benzene ring substituents is 1. The standard InChI is InChI=1S/C21H20N4O5S2/c1-3-8-30-9-10-31-21-24-17-6-4-15(12-19(17)32-21)23-20(27)16-11-14(22-13(2)26)5-7-18(16)25(28)29/h3-7,11-12H,1,8-10H2,2H3,(H,22,26)(H,23,27). The minimum absolute atomic E-state index is 0.151. The van der Waals surface area contributed by atoms with Gasteiger partial charge in [-0.2, -0.15) is 0 Å². The minimum Gasteiger partial charge on any atom is -0.377 e. The van der Waals surface area contributed by atoms with Crippen LogP contribution >= 0.6 is 23.1 Å². The lowest BCUT2D eigenvalue weighted by Gasteiger charge is -2.08. The summed E-state index contributed by atoms with van der Waals surface area (Å²) in [7, 11) is 0. The van der Waals surface area contributed by atoms with Crippen LogP contribution in [0.2, 0.25) is 0 Å². The van der Waals surface area contributed by atoms with Crippen LogP contribution in [-0.4, -0.2) is 40.7 Å². The van der Waals surface area contributed by atoms with Crippen molar-refractivity contribution in [2.45, 2.75) is 11.3 Å². The molecule has 9 nitrogen and oxygen atoms in total. The number of carbonyl (C=O) groups excluding carboxylic acids is 2. The van der Waals surface area contributed by atoms with E-state index in [9.17, 15) is 19.7 Å². The number of nitro groups is 1. The number of hydrogen-bond donors (Lipinski definition) is 2. The molecule has 2 aromatic carbocycles. The van der Waals surface area contributed by atoms with Crippen molar-refractivity contribution in [2.75, 3.05) is 29.6 Å². The summed E-state index contributed by atoms with van der Waals surface area (Å²) >= 11 is 3.06. The van der Waals surface area contributed by atoms with Crippen molar-refractivity contribution in [1.82, 2.24) is 4.98 Å². The van der Waals surface area contributed by atoms with Crippen LogP contribution in [0.3, 0.4) is 0 Å². The molecule has 166 valence electrons. The predicted molar refractivity (Wildman–Crippen MR) is 127 cm³/mol. The lowest BCUT2D eigenvalue weighted by Crippen LogP contribution is -2.15. The second-order valence-corrected chi connectivity index (χ2v) is 8.87. The Kier molecular flexibility index (Phi) is 7.92. The molecule has 0 aliphatic heterocycles. The van der Waals surface area contributed by atoms with Crippen LogP contribution < -0.4 is 10.6 Å². The Morgan fingerprint density at radius 1 is 1.25 bits per heavy atom. The number of aromatic nitrogens is 1. The Hall–Kier alpha value is -3.28. The average molecular weight is 473 g/mol. The molecule has 0 saturated heterocycles. The average Bonchev–Trinajstić information content (AvgIpc) is 3.15. The number of anilines is 2. The number of nitrogens with zero attached hydrogens (tertiary/aromatic N) is 2. The molecular weight excluding hydrogens is 452 g/mol. The van der Waals surface area contributed by atoms with Crippen LogP contribution in [0.1, 0.15) is 17.3 Å². The van der Waals surface area contributed by atoms with Gasteiger partial charge in [0.05, 0.1) is 28.4 Å². The Balaban J connectivity index is 1.75. The number of ether oxygens (including phenoxy) is 1. The second-order valence-electron chi connectivity index (χ2n) is 6.50. The number of thiazole rings is 1. The first-order chi connectivity index (χ1) is 15.4. The number of hydrogen-bond acceptors (Lipinski definition) is 8. The van der Waals surface area contributed by atoms with Crippen molar-refractivity contribution < 1.29 is 19.2 Å². The maximum absolute atomic E-state index is 12.8. The zero-order valence-corrected chi connectivity index (χ0v) is 18.8. The van der Waals surface area contributed by atoms with Crippen molar-refractivity contribution in [3.8, 4) is 0 Å². The quantitative estimate of drug-likeness (QED) is 0.144. The molecule has 0 fully saturated rings. The highest BCUT2D eigenvalue weighted by molar-refractivity contribution is 8.01. The van der Waals surface area contributed by atoms with Crippen LogP contribution in [0.5, 0.6) is 0 Å². The van der Waals surface area contributed by atoms with Crippen molar-refractivity contribution in [3.05, 3.63) is 64.7 Å². The number of nitrogens with one attached hydrogen (secondary N) is 2. The van der Waals surface area contributed by atoms with Crippen LogP contribution in [-0.2, 0) is 9.53 Å². The zero-order valence-electron chi connectivity index (χ0n) is 17.1. The number of amides is 2. The van der Waals surface area contributed by atoms with Gasteiger partial charge in [0.1, 0.15) is 5.56 Å². The van der Waals surface area contributed by atoms with Crippen LogP contribution in [0.4, 0.5) is 17.1 Å². The monoisotopic (exact) mass is 472 g/mol. The molecule has 0 aliphatic rings. The van der Waals surface area contributed by atoms with Crippen LogP contribution in [0.15, 0.2) is 53.4 Å². The molecule has 0 spiro atoms. The fourth-order valence-electron chi connectivity index (χ4n) is 2.75. The summed E-state index contributed by atoms with van der Waals surface area (Å²) in [5.74, 6) is -0.241. The lowest BCUT2D eigenvalue weighted by atomic mass is 10.1. The largest absolute Gasteiger partial charge is 0.377 e. The van der Waals surface area contributed by atoms with Gasteiger partial charge in [0.2, 0.25) is 5.91 Å². The van der Waals surface area contributed by atoms with Crippen molar-refractivity contribution in [1.29, 1.82) is 0 Å². The van der Waals surface area contributed by atoms with E-state index in [4.69, 9.17) is 4.74 Å². The molecule has 0 bridgehead atoms. The summed E-state index contributed by atoms with van der Waals surface area (Å²) < 4.78 is 7.11. The summed E-state index contributed by atoms with van der Waals surface area (Å²) in [5.41, 5.74) is 1.07. The molecule has 0 atom stereocenters. The molecule has 0 radical (unpaired) electrons. The highest BCUT2D eigenvalue weighted by Crippen LogP contribution is 2.32. The fraction of sp³-hybridized carbons (Fsp3) is 0.190. The van der Waals surface area contributed by atoms with Gasteiger partial charge in [0.25, 0.3) is 11.6 Å². The van der Waals surface area contributed by atoms with Crippen LogP contribution in [0.25, 0.3) is 10.2 Å². The number of fused-ring (bicyclic) bond motifs is 1. The first-order valence-electron chi connectivity index (χ1n) is 9.47. The lowest BCUT2D eigenvalue weighted by molar-refractivity contribution is -0.385. The molecule has 2 amide bonds. The number of rotatable bonds is 10. The maximum Gasteiger partial charge on any atom is 0.282 e. The second kappa shape index (κ2) is 10.8. The Labute approximate surface area is 192 Å². The summed E-state index contributed by atoms with van der Waals surface area (Å²) in [6.45, 7) is 6.01. The Morgan fingerprint density at radius 2 is 2.00 bits per heavy atom. The van der Waals surface area contributed by atoms with E-state index in [2.05, 4.69) is 22.2 Å². The van der Waals surface area contributed by atoms with Gasteiger partial charge in [0.15, 0.2) is 4.34 Å². The van der Waals surface area contributed by atoms with Gasteiger partial charge in [-0.05, 0) is 30.3 Å². The molecule has 3 rings (SSSR count). The van der Waals surface area contributed by atoms with Gasteiger partial charge in [-0.1, -0.05) is 17.8 Å². The summed E-state index contributed by atoms with van der Waals surface area (Å²) in [4.78, 5) is 39.3. The minimum atomic E-state index is -0.651. The molecule has 2 N–H and O–H groups in total. The van der Waals surface area contributed by atoms with Gasteiger partial charge in [-0.15, -0.1) is 17.9 Å². The molecule has 0 aliphatic carbocycles. The Bertz CT molecular complexity index is 1180. The third-order valence-corrected chi connectivity index (χ3v) is 6.20. The molecule has 1 heterocycles. The molecule has 11 heteroatoms. The van der Waals surface area contributed by atoms with Gasteiger partial charge in [-0.25, -0.2) is 4.98 Å². The normalized spacial score (nSPS) is 10.7. The summed E-state index contributed by atoms with van der Waals surface area (Å²) in [5, 5.41) is 16.6. The molecule has 0 unspecified atom stereocenters. The Morgan fingerprint density at radius 3 is 2.72 bits per heavy atom.